The van der Waals surface area contributed by atoms with Gasteiger partial charge < -0.3 is 9.94 Å². The average molecular weight is 386 g/mol. The molecular formula is C21H26N2O5. The van der Waals surface area contributed by atoms with E-state index in [4.69, 9.17) is 9.94 Å². The van der Waals surface area contributed by atoms with Crippen molar-refractivity contribution in [2.45, 2.75) is 57.4 Å². The molecule has 2 amide bonds. The number of carbonyl (C=O) groups is 3. The molecule has 1 N–H and O–H groups in total. The Kier molecular flexibility index (Phi) is 5.24. The fourth-order valence-electron chi connectivity index (χ4n) is 4.41. The molecule has 150 valence electrons. The van der Waals surface area contributed by atoms with Crippen LogP contribution in [0.25, 0.3) is 0 Å². The number of fused-ring (bicyclic) bond motifs is 2. The average Bonchev–Trinajstić information content (AvgIpc) is 3.37. The van der Waals surface area contributed by atoms with Gasteiger partial charge >= 0.3 is 12.1 Å². The van der Waals surface area contributed by atoms with Gasteiger partial charge in [-0.1, -0.05) is 24.6 Å². The van der Waals surface area contributed by atoms with Crippen LogP contribution >= 0.6 is 0 Å². The standard InChI is InChI=1S/C21H26N2O5/c24-19(10-11-20(25)26)22(13-14-8-9-14)28-21(27)23-17-6-2-1-4-15(17)12-16-5-3-7-18(16)23/h1-2,4,6,14,16,18H,3,5,7-13H2,(H,25,26). The Morgan fingerprint density at radius 2 is 1.89 bits per heavy atom. The van der Waals surface area contributed by atoms with Crippen LogP contribution in [-0.4, -0.2) is 40.7 Å². The molecule has 0 saturated heterocycles. The molecule has 1 heterocycles. The first-order valence-electron chi connectivity index (χ1n) is 10.1. The van der Waals surface area contributed by atoms with Crippen molar-refractivity contribution in [2.24, 2.45) is 11.8 Å². The third-order valence-electron chi connectivity index (χ3n) is 6.02. The molecule has 1 aromatic carbocycles. The van der Waals surface area contributed by atoms with Gasteiger partial charge in [-0.2, -0.15) is 5.06 Å². The highest BCUT2D eigenvalue weighted by Gasteiger charge is 2.42. The number of anilines is 1. The van der Waals surface area contributed by atoms with E-state index in [0.717, 1.165) is 54.8 Å². The SMILES string of the molecule is O=C(O)CCC(=O)N(CC1CC1)OC(=O)N1c2ccccc2CC2CCCC21. The normalized spacial score (nSPS) is 22.9. The van der Waals surface area contributed by atoms with Gasteiger partial charge in [0.05, 0.1) is 18.7 Å². The molecule has 2 saturated carbocycles. The van der Waals surface area contributed by atoms with Gasteiger partial charge in [-0.25, -0.2) is 4.79 Å². The highest BCUT2D eigenvalue weighted by molar-refractivity contribution is 5.91. The van der Waals surface area contributed by atoms with Crippen molar-refractivity contribution in [1.82, 2.24) is 5.06 Å². The monoisotopic (exact) mass is 386 g/mol. The summed E-state index contributed by atoms with van der Waals surface area (Å²) in [5.41, 5.74) is 1.99. The van der Waals surface area contributed by atoms with E-state index in [1.807, 2.05) is 24.3 Å². The summed E-state index contributed by atoms with van der Waals surface area (Å²) in [5, 5.41) is 9.95. The molecule has 1 aliphatic heterocycles. The number of nitrogens with zero attached hydrogens (tertiary/aromatic N) is 2. The van der Waals surface area contributed by atoms with E-state index in [9.17, 15) is 14.4 Å². The summed E-state index contributed by atoms with van der Waals surface area (Å²) in [7, 11) is 0. The predicted molar refractivity (Wildman–Crippen MR) is 102 cm³/mol. The molecule has 2 atom stereocenters. The molecule has 2 fully saturated rings. The first kappa shape index (κ1) is 18.8. The predicted octanol–water partition coefficient (Wildman–Crippen LogP) is 3.37. The molecule has 0 spiro atoms. The van der Waals surface area contributed by atoms with E-state index in [-0.39, 0.29) is 18.9 Å². The molecule has 28 heavy (non-hydrogen) atoms. The Hall–Kier alpha value is -2.57. The van der Waals surface area contributed by atoms with Crippen molar-refractivity contribution < 1.29 is 24.3 Å². The van der Waals surface area contributed by atoms with Crippen LogP contribution in [-0.2, 0) is 20.8 Å². The summed E-state index contributed by atoms with van der Waals surface area (Å²) in [6, 6.07) is 7.97. The van der Waals surface area contributed by atoms with Crippen molar-refractivity contribution in [2.75, 3.05) is 11.4 Å². The quantitative estimate of drug-likeness (QED) is 0.784. The van der Waals surface area contributed by atoms with Gasteiger partial charge in [0.2, 0.25) is 0 Å². The smallest absolute Gasteiger partial charge is 0.439 e. The number of amides is 2. The number of carboxylic acid groups (broad SMARTS) is 1. The zero-order valence-corrected chi connectivity index (χ0v) is 15.9. The number of hydroxylamine groups is 2. The van der Waals surface area contributed by atoms with E-state index in [1.54, 1.807) is 4.90 Å². The number of carboxylic acids is 1. The summed E-state index contributed by atoms with van der Waals surface area (Å²) in [6.07, 6.45) is 5.09. The van der Waals surface area contributed by atoms with E-state index >= 15 is 0 Å². The second kappa shape index (κ2) is 7.81. The summed E-state index contributed by atoms with van der Waals surface area (Å²) < 4.78 is 0. The van der Waals surface area contributed by atoms with Crippen molar-refractivity contribution in [3.05, 3.63) is 29.8 Å². The lowest BCUT2D eigenvalue weighted by atomic mass is 9.88. The molecule has 0 bridgehead atoms. The van der Waals surface area contributed by atoms with Crippen LogP contribution in [0.1, 0.15) is 50.5 Å². The minimum Gasteiger partial charge on any atom is -0.481 e. The van der Waals surface area contributed by atoms with Gasteiger partial charge in [-0.15, -0.1) is 0 Å². The molecule has 0 radical (unpaired) electrons. The molecule has 3 aliphatic rings. The Morgan fingerprint density at radius 3 is 2.64 bits per heavy atom. The lowest BCUT2D eigenvalue weighted by Crippen LogP contribution is -2.49. The van der Waals surface area contributed by atoms with E-state index in [0.29, 0.717) is 18.4 Å². The van der Waals surface area contributed by atoms with Gasteiger partial charge in [-0.3, -0.25) is 14.5 Å². The van der Waals surface area contributed by atoms with E-state index in [2.05, 4.69) is 0 Å². The maximum atomic E-state index is 13.2. The highest BCUT2D eigenvalue weighted by atomic mass is 16.7. The molecular weight excluding hydrogens is 360 g/mol. The van der Waals surface area contributed by atoms with Crippen LogP contribution in [0, 0.1) is 11.8 Å². The Balaban J connectivity index is 1.52. The van der Waals surface area contributed by atoms with E-state index < -0.39 is 18.0 Å². The molecule has 2 aliphatic carbocycles. The number of aliphatic carboxylic acids is 1. The third kappa shape index (κ3) is 3.98. The second-order valence-corrected chi connectivity index (χ2v) is 8.11. The number of benzene rings is 1. The second-order valence-electron chi connectivity index (χ2n) is 8.11. The highest BCUT2D eigenvalue weighted by Crippen LogP contribution is 2.42. The molecule has 0 aromatic heterocycles. The Morgan fingerprint density at radius 1 is 1.11 bits per heavy atom. The van der Waals surface area contributed by atoms with Gasteiger partial charge in [-0.05, 0) is 55.6 Å². The molecule has 4 rings (SSSR count). The fourth-order valence-corrected chi connectivity index (χ4v) is 4.41. The van der Waals surface area contributed by atoms with Gasteiger partial charge in [0.15, 0.2) is 0 Å². The number of para-hydroxylation sites is 1. The summed E-state index contributed by atoms with van der Waals surface area (Å²) in [4.78, 5) is 43.7. The van der Waals surface area contributed by atoms with Crippen LogP contribution in [0.4, 0.5) is 10.5 Å². The number of carbonyl (C=O) groups excluding carboxylic acids is 2. The molecule has 7 heteroatoms. The minimum absolute atomic E-state index is 0.0966. The summed E-state index contributed by atoms with van der Waals surface area (Å²) in [5.74, 6) is -0.739. The molecule has 2 unspecified atom stereocenters. The van der Waals surface area contributed by atoms with E-state index in [1.165, 1.54) is 0 Å². The molecule has 1 aromatic rings. The topological polar surface area (TPSA) is 87.1 Å². The fraction of sp³-hybridized carbons (Fsp3) is 0.571. The maximum absolute atomic E-state index is 13.2. The Labute approximate surface area is 164 Å². The van der Waals surface area contributed by atoms with Crippen molar-refractivity contribution in [3.8, 4) is 0 Å². The first-order chi connectivity index (χ1) is 13.5. The number of hydrogen-bond donors (Lipinski definition) is 1. The number of hydrogen-bond acceptors (Lipinski definition) is 4. The van der Waals surface area contributed by atoms with Crippen LogP contribution < -0.4 is 4.90 Å². The summed E-state index contributed by atoms with van der Waals surface area (Å²) >= 11 is 0. The van der Waals surface area contributed by atoms with Crippen molar-refractivity contribution >= 4 is 23.7 Å². The zero-order valence-electron chi connectivity index (χ0n) is 15.9. The largest absolute Gasteiger partial charge is 0.481 e. The molecule has 7 nitrogen and oxygen atoms in total. The van der Waals surface area contributed by atoms with Gasteiger partial charge in [0.1, 0.15) is 0 Å². The van der Waals surface area contributed by atoms with Crippen molar-refractivity contribution in [1.29, 1.82) is 0 Å². The Bertz CT molecular complexity index is 776. The lowest BCUT2D eigenvalue weighted by Gasteiger charge is -2.39. The summed E-state index contributed by atoms with van der Waals surface area (Å²) in [6.45, 7) is 0.341. The number of rotatable bonds is 5. The third-order valence-corrected chi connectivity index (χ3v) is 6.02. The van der Waals surface area contributed by atoms with Gasteiger partial charge in [0, 0.05) is 12.5 Å². The lowest BCUT2D eigenvalue weighted by molar-refractivity contribution is -0.167. The van der Waals surface area contributed by atoms with Gasteiger partial charge in [0.25, 0.3) is 5.91 Å². The minimum atomic E-state index is -1.04. The maximum Gasteiger partial charge on any atom is 0.439 e. The van der Waals surface area contributed by atoms with Crippen LogP contribution in [0.5, 0.6) is 0 Å². The first-order valence-corrected chi connectivity index (χ1v) is 10.1. The van der Waals surface area contributed by atoms with Crippen LogP contribution in [0.3, 0.4) is 0 Å². The van der Waals surface area contributed by atoms with Crippen LogP contribution in [0.15, 0.2) is 24.3 Å². The van der Waals surface area contributed by atoms with Crippen molar-refractivity contribution in [3.63, 3.8) is 0 Å². The zero-order chi connectivity index (χ0) is 19.7. The van der Waals surface area contributed by atoms with Crippen LogP contribution in [0.2, 0.25) is 0 Å².